The number of amides is 2. The Balaban J connectivity index is 1.92. The van der Waals surface area contributed by atoms with Crippen molar-refractivity contribution in [2.24, 2.45) is 0 Å². The minimum Gasteiger partial charge on any atom is -0.462 e. The molecule has 1 heterocycles. The first-order valence-corrected chi connectivity index (χ1v) is 9.52. The number of rotatable bonds is 6. The molecule has 0 aromatic heterocycles. The van der Waals surface area contributed by atoms with Gasteiger partial charge in [-0.15, -0.1) is 0 Å². The van der Waals surface area contributed by atoms with Gasteiger partial charge in [-0.2, -0.15) is 13.2 Å². The number of benzene rings is 2. The summed E-state index contributed by atoms with van der Waals surface area (Å²) < 4.78 is 43.9. The second-order valence-corrected chi connectivity index (χ2v) is 6.87. The molecule has 0 radical (unpaired) electrons. The zero-order valence-electron chi connectivity index (χ0n) is 16.1. The summed E-state index contributed by atoms with van der Waals surface area (Å²) >= 11 is 6.03. The van der Waals surface area contributed by atoms with E-state index in [4.69, 9.17) is 16.3 Å². The van der Waals surface area contributed by atoms with Gasteiger partial charge in [-0.1, -0.05) is 36.7 Å². The van der Waals surface area contributed by atoms with Crippen LogP contribution in [0.1, 0.15) is 29.3 Å². The number of esters is 1. The van der Waals surface area contributed by atoms with Crippen LogP contribution in [-0.2, 0) is 20.5 Å². The second kappa shape index (κ2) is 8.81. The molecule has 6 nitrogen and oxygen atoms in total. The van der Waals surface area contributed by atoms with Crippen molar-refractivity contribution in [3.63, 3.8) is 0 Å². The molecule has 10 heteroatoms. The van der Waals surface area contributed by atoms with E-state index in [1.165, 1.54) is 30.3 Å². The van der Waals surface area contributed by atoms with Crippen LogP contribution in [0.3, 0.4) is 0 Å². The highest BCUT2D eigenvalue weighted by Gasteiger charge is 2.41. The van der Waals surface area contributed by atoms with Crippen LogP contribution in [0.15, 0.2) is 59.3 Å². The molecule has 0 saturated heterocycles. The Labute approximate surface area is 180 Å². The lowest BCUT2D eigenvalue weighted by atomic mass is 10.1. The summed E-state index contributed by atoms with van der Waals surface area (Å²) in [4.78, 5) is 38.6. The number of carbonyl (C=O) groups excluding carboxylic acids is 3. The normalized spacial score (nSPS) is 14.3. The number of hydrogen-bond donors (Lipinski definition) is 1. The Bertz CT molecular complexity index is 1080. The van der Waals surface area contributed by atoms with E-state index in [1.807, 2.05) is 6.92 Å². The minimum absolute atomic E-state index is 0.0255. The van der Waals surface area contributed by atoms with Gasteiger partial charge in [-0.05, 0) is 36.8 Å². The second-order valence-electron chi connectivity index (χ2n) is 6.49. The van der Waals surface area contributed by atoms with Gasteiger partial charge in [0.05, 0.1) is 23.4 Å². The van der Waals surface area contributed by atoms with Crippen LogP contribution in [0.2, 0.25) is 0 Å². The molecule has 2 aromatic carbocycles. The number of hydrogen-bond acceptors (Lipinski definition) is 5. The number of para-hydroxylation sites is 1. The molecular formula is C21H16ClF3N2O4. The summed E-state index contributed by atoms with van der Waals surface area (Å²) in [6, 6.07) is 9.91. The first-order valence-electron chi connectivity index (χ1n) is 9.14. The summed E-state index contributed by atoms with van der Waals surface area (Å²) in [5.41, 5.74) is -1.49. The zero-order valence-corrected chi connectivity index (χ0v) is 16.9. The molecule has 0 saturated carbocycles. The first-order chi connectivity index (χ1) is 14.6. The molecule has 0 aliphatic carbocycles. The molecule has 3 rings (SSSR count). The van der Waals surface area contributed by atoms with Gasteiger partial charge in [0.15, 0.2) is 0 Å². The summed E-state index contributed by atoms with van der Waals surface area (Å²) in [6.07, 6.45) is -4.01. The summed E-state index contributed by atoms with van der Waals surface area (Å²) in [7, 11) is 0. The Hall–Kier alpha value is -3.33. The fraction of sp³-hybridized carbons (Fsp3) is 0.190. The van der Waals surface area contributed by atoms with Crippen molar-refractivity contribution < 1.29 is 32.3 Å². The smallest absolute Gasteiger partial charge is 0.416 e. The number of anilines is 2. The number of nitrogens with zero attached hydrogens (tertiary/aromatic N) is 1. The lowest BCUT2D eigenvalue weighted by Crippen LogP contribution is -2.33. The van der Waals surface area contributed by atoms with Crippen LogP contribution >= 0.6 is 11.6 Å². The predicted octanol–water partition coefficient (Wildman–Crippen LogP) is 4.71. The van der Waals surface area contributed by atoms with Gasteiger partial charge in [0.25, 0.3) is 11.8 Å². The number of nitrogens with one attached hydrogen (secondary N) is 1. The monoisotopic (exact) mass is 452 g/mol. The highest BCUT2D eigenvalue weighted by Crippen LogP contribution is 2.34. The van der Waals surface area contributed by atoms with Gasteiger partial charge in [0.1, 0.15) is 10.7 Å². The van der Waals surface area contributed by atoms with Crippen molar-refractivity contribution >= 4 is 40.8 Å². The van der Waals surface area contributed by atoms with Crippen molar-refractivity contribution in [2.75, 3.05) is 16.8 Å². The van der Waals surface area contributed by atoms with E-state index in [0.29, 0.717) is 11.3 Å². The maximum atomic E-state index is 12.9. The van der Waals surface area contributed by atoms with Gasteiger partial charge in [-0.25, -0.2) is 9.69 Å². The highest BCUT2D eigenvalue weighted by atomic mass is 35.5. The molecule has 0 bridgehead atoms. The van der Waals surface area contributed by atoms with Crippen LogP contribution in [0.4, 0.5) is 24.5 Å². The Morgan fingerprint density at radius 2 is 1.81 bits per heavy atom. The number of imide groups is 1. The van der Waals surface area contributed by atoms with E-state index in [0.717, 1.165) is 18.2 Å². The number of halogens is 4. The maximum absolute atomic E-state index is 12.9. The van der Waals surface area contributed by atoms with Gasteiger partial charge < -0.3 is 10.1 Å². The Morgan fingerprint density at radius 1 is 1.10 bits per heavy atom. The standard InChI is InChI=1S/C21H16ClF3N2O4/c1-2-10-31-20(30)14-8-3-4-9-15(14)27-18(28)16(22)17(19(27)29)26-13-7-5-6-12(11-13)21(23,24)25/h3-9,11,26H,2,10H2,1H3. The number of alkyl halides is 3. The molecule has 0 spiro atoms. The van der Waals surface area contributed by atoms with Gasteiger partial charge in [-0.3, -0.25) is 9.59 Å². The number of carbonyl (C=O) groups is 3. The van der Waals surface area contributed by atoms with Gasteiger partial charge >= 0.3 is 12.1 Å². The van der Waals surface area contributed by atoms with E-state index >= 15 is 0 Å². The third-order valence-electron chi connectivity index (χ3n) is 4.29. The fourth-order valence-corrected chi connectivity index (χ4v) is 3.07. The lowest BCUT2D eigenvalue weighted by molar-refractivity contribution is -0.137. The van der Waals surface area contributed by atoms with Crippen LogP contribution in [0.5, 0.6) is 0 Å². The first kappa shape index (κ1) is 22.4. The summed E-state index contributed by atoms with van der Waals surface area (Å²) in [5.74, 6) is -2.56. The van der Waals surface area contributed by atoms with Crippen LogP contribution < -0.4 is 10.2 Å². The van der Waals surface area contributed by atoms with E-state index in [9.17, 15) is 27.6 Å². The molecule has 1 aliphatic heterocycles. The van der Waals surface area contributed by atoms with Crippen LogP contribution in [-0.4, -0.2) is 24.4 Å². The van der Waals surface area contributed by atoms with Crippen molar-refractivity contribution in [3.05, 3.63) is 70.4 Å². The third-order valence-corrected chi connectivity index (χ3v) is 4.64. The maximum Gasteiger partial charge on any atom is 0.416 e. The van der Waals surface area contributed by atoms with Gasteiger partial charge in [0, 0.05) is 5.69 Å². The van der Waals surface area contributed by atoms with Crippen LogP contribution in [0, 0.1) is 0 Å². The quantitative estimate of drug-likeness (QED) is 0.507. The lowest BCUT2D eigenvalue weighted by Gasteiger charge is -2.18. The largest absolute Gasteiger partial charge is 0.462 e. The highest BCUT2D eigenvalue weighted by molar-refractivity contribution is 6.53. The molecule has 1 aliphatic rings. The molecule has 0 fully saturated rings. The summed E-state index contributed by atoms with van der Waals surface area (Å²) in [5, 5.41) is 1.97. The Morgan fingerprint density at radius 3 is 2.48 bits per heavy atom. The number of ether oxygens (including phenoxy) is 1. The van der Waals surface area contributed by atoms with E-state index in [1.54, 1.807) is 0 Å². The average Bonchev–Trinajstić information content (AvgIpc) is 2.95. The zero-order chi connectivity index (χ0) is 22.8. The average molecular weight is 453 g/mol. The molecular weight excluding hydrogens is 437 g/mol. The predicted molar refractivity (Wildman–Crippen MR) is 107 cm³/mol. The minimum atomic E-state index is -4.59. The third kappa shape index (κ3) is 4.56. The Kier molecular flexibility index (Phi) is 6.35. The van der Waals surface area contributed by atoms with Crippen molar-refractivity contribution in [1.29, 1.82) is 0 Å². The molecule has 31 heavy (non-hydrogen) atoms. The molecule has 162 valence electrons. The molecule has 2 aromatic rings. The topological polar surface area (TPSA) is 75.7 Å². The SMILES string of the molecule is CCCOC(=O)c1ccccc1N1C(=O)C(Cl)=C(Nc2cccc(C(F)(F)F)c2)C1=O. The molecule has 0 unspecified atom stereocenters. The molecule has 0 atom stereocenters. The molecule has 2 amide bonds. The van der Waals surface area contributed by atoms with Crippen molar-refractivity contribution in [2.45, 2.75) is 19.5 Å². The van der Waals surface area contributed by atoms with Crippen molar-refractivity contribution in [3.8, 4) is 0 Å². The van der Waals surface area contributed by atoms with Crippen molar-refractivity contribution in [1.82, 2.24) is 0 Å². The van der Waals surface area contributed by atoms with E-state index < -0.39 is 40.3 Å². The van der Waals surface area contributed by atoms with Crippen LogP contribution in [0.25, 0.3) is 0 Å². The molecule has 1 N–H and O–H groups in total. The summed E-state index contributed by atoms with van der Waals surface area (Å²) in [6.45, 7) is 1.96. The fourth-order valence-electron chi connectivity index (χ4n) is 2.86. The van der Waals surface area contributed by atoms with E-state index in [2.05, 4.69) is 5.32 Å². The van der Waals surface area contributed by atoms with Gasteiger partial charge in [0.2, 0.25) is 0 Å². The van der Waals surface area contributed by atoms with E-state index in [-0.39, 0.29) is 23.5 Å².